The third-order valence-corrected chi connectivity index (χ3v) is 4.38. The molecular formula is C16H25BrN2O. The topological polar surface area (TPSA) is 24.5 Å². The summed E-state index contributed by atoms with van der Waals surface area (Å²) >= 11 is 3.54. The summed E-state index contributed by atoms with van der Waals surface area (Å²) in [6, 6.07) is 8.54. The summed E-state index contributed by atoms with van der Waals surface area (Å²) < 4.78 is 6.80. The molecule has 1 atom stereocenters. The van der Waals surface area contributed by atoms with Gasteiger partial charge in [0.05, 0.1) is 6.61 Å². The third-order valence-electron chi connectivity index (χ3n) is 3.88. The van der Waals surface area contributed by atoms with Gasteiger partial charge in [0.2, 0.25) is 0 Å². The third kappa shape index (κ3) is 4.55. The van der Waals surface area contributed by atoms with Crippen molar-refractivity contribution in [2.45, 2.75) is 19.9 Å². The first-order valence-electron chi connectivity index (χ1n) is 7.35. The van der Waals surface area contributed by atoms with Crippen LogP contribution >= 0.6 is 15.9 Å². The second kappa shape index (κ2) is 7.55. The lowest BCUT2D eigenvalue weighted by molar-refractivity contribution is 0.117. The fraction of sp³-hybridized carbons (Fsp3) is 0.625. The van der Waals surface area contributed by atoms with Crippen LogP contribution < -0.4 is 5.32 Å². The first-order chi connectivity index (χ1) is 9.63. The molecule has 0 spiro atoms. The molecule has 1 aliphatic heterocycles. The zero-order valence-electron chi connectivity index (χ0n) is 12.5. The zero-order chi connectivity index (χ0) is 14.4. The van der Waals surface area contributed by atoms with Crippen LogP contribution in [0.5, 0.6) is 0 Å². The molecule has 0 saturated carbocycles. The van der Waals surface area contributed by atoms with Gasteiger partial charge < -0.3 is 15.0 Å². The van der Waals surface area contributed by atoms with E-state index < -0.39 is 0 Å². The quantitative estimate of drug-likeness (QED) is 0.825. The van der Waals surface area contributed by atoms with Crippen molar-refractivity contribution in [2.24, 2.45) is 5.41 Å². The highest BCUT2D eigenvalue weighted by Gasteiger charge is 2.35. The van der Waals surface area contributed by atoms with Crippen molar-refractivity contribution >= 4 is 15.9 Å². The molecule has 1 heterocycles. The van der Waals surface area contributed by atoms with Gasteiger partial charge in [-0.2, -0.15) is 0 Å². The van der Waals surface area contributed by atoms with Crippen molar-refractivity contribution in [3.63, 3.8) is 0 Å². The predicted molar refractivity (Wildman–Crippen MR) is 86.9 cm³/mol. The largest absolute Gasteiger partial charge is 0.381 e. The molecule has 1 saturated heterocycles. The average Bonchev–Trinajstić information content (AvgIpc) is 2.85. The summed E-state index contributed by atoms with van der Waals surface area (Å²) in [7, 11) is 2.20. The maximum atomic E-state index is 5.65. The first-order valence-corrected chi connectivity index (χ1v) is 8.14. The summed E-state index contributed by atoms with van der Waals surface area (Å²) in [5.41, 5.74) is 1.62. The molecule has 0 aromatic heterocycles. The Hall–Kier alpha value is -0.420. The molecule has 112 valence electrons. The SMILES string of the molecule is CCNCC1(CN(C)Cc2cccc(Br)c2)CCOC1. The van der Waals surface area contributed by atoms with E-state index >= 15 is 0 Å². The molecule has 1 aromatic carbocycles. The molecule has 1 N–H and O–H groups in total. The molecular weight excluding hydrogens is 316 g/mol. The molecule has 0 aliphatic carbocycles. The lowest BCUT2D eigenvalue weighted by Crippen LogP contribution is -2.43. The Bertz CT molecular complexity index is 419. The van der Waals surface area contributed by atoms with E-state index in [0.717, 1.165) is 50.3 Å². The molecule has 2 rings (SSSR count). The van der Waals surface area contributed by atoms with Crippen LogP contribution in [0.3, 0.4) is 0 Å². The van der Waals surface area contributed by atoms with Crippen LogP contribution in [0.1, 0.15) is 18.9 Å². The van der Waals surface area contributed by atoms with Crippen LogP contribution in [-0.4, -0.2) is 44.8 Å². The maximum absolute atomic E-state index is 5.65. The molecule has 1 unspecified atom stereocenters. The van der Waals surface area contributed by atoms with Gasteiger partial charge in [0, 0.05) is 36.1 Å². The van der Waals surface area contributed by atoms with Crippen molar-refractivity contribution in [1.82, 2.24) is 10.2 Å². The number of hydrogen-bond acceptors (Lipinski definition) is 3. The molecule has 0 amide bonds. The van der Waals surface area contributed by atoms with Gasteiger partial charge in [0.1, 0.15) is 0 Å². The van der Waals surface area contributed by atoms with E-state index in [2.05, 4.69) is 64.4 Å². The van der Waals surface area contributed by atoms with Gasteiger partial charge in [0.15, 0.2) is 0 Å². The summed E-state index contributed by atoms with van der Waals surface area (Å²) in [5, 5.41) is 3.50. The number of nitrogens with one attached hydrogen (secondary N) is 1. The van der Waals surface area contributed by atoms with Crippen LogP contribution in [0.2, 0.25) is 0 Å². The number of hydrogen-bond donors (Lipinski definition) is 1. The van der Waals surface area contributed by atoms with E-state index in [0.29, 0.717) is 0 Å². The van der Waals surface area contributed by atoms with E-state index in [1.54, 1.807) is 0 Å². The normalized spacial score (nSPS) is 22.6. The molecule has 4 heteroatoms. The second-order valence-electron chi connectivity index (χ2n) is 5.89. The van der Waals surface area contributed by atoms with E-state index in [-0.39, 0.29) is 5.41 Å². The lowest BCUT2D eigenvalue weighted by Gasteiger charge is -2.32. The van der Waals surface area contributed by atoms with Gasteiger partial charge in [-0.3, -0.25) is 0 Å². The Morgan fingerprint density at radius 2 is 2.30 bits per heavy atom. The van der Waals surface area contributed by atoms with Crippen molar-refractivity contribution < 1.29 is 4.74 Å². The summed E-state index contributed by atoms with van der Waals surface area (Å²) in [6.45, 7) is 8.07. The van der Waals surface area contributed by atoms with Gasteiger partial charge in [-0.1, -0.05) is 35.0 Å². The van der Waals surface area contributed by atoms with Crippen molar-refractivity contribution in [3.8, 4) is 0 Å². The van der Waals surface area contributed by atoms with Crippen LogP contribution in [0.25, 0.3) is 0 Å². The van der Waals surface area contributed by atoms with E-state index in [1.165, 1.54) is 5.56 Å². The van der Waals surface area contributed by atoms with Crippen LogP contribution in [-0.2, 0) is 11.3 Å². The Kier molecular flexibility index (Phi) is 6.02. The number of nitrogens with zero attached hydrogens (tertiary/aromatic N) is 1. The number of rotatable bonds is 7. The number of ether oxygens (including phenoxy) is 1. The van der Waals surface area contributed by atoms with Crippen molar-refractivity contribution in [3.05, 3.63) is 34.3 Å². The molecule has 3 nitrogen and oxygen atoms in total. The van der Waals surface area contributed by atoms with E-state index in [9.17, 15) is 0 Å². The minimum absolute atomic E-state index is 0.275. The second-order valence-corrected chi connectivity index (χ2v) is 6.80. The highest BCUT2D eigenvalue weighted by molar-refractivity contribution is 9.10. The van der Waals surface area contributed by atoms with Crippen LogP contribution in [0.15, 0.2) is 28.7 Å². The van der Waals surface area contributed by atoms with Gasteiger partial charge >= 0.3 is 0 Å². The molecule has 0 bridgehead atoms. The standard InChI is InChI=1S/C16H25BrN2O/c1-3-18-11-16(7-8-20-13-16)12-19(2)10-14-5-4-6-15(17)9-14/h4-6,9,18H,3,7-8,10-13H2,1-2H3. The van der Waals surface area contributed by atoms with Gasteiger partial charge in [-0.25, -0.2) is 0 Å². The average molecular weight is 341 g/mol. The molecule has 1 aliphatic rings. The monoisotopic (exact) mass is 340 g/mol. The summed E-state index contributed by atoms with van der Waals surface area (Å²) in [4.78, 5) is 2.41. The van der Waals surface area contributed by atoms with Crippen LogP contribution in [0.4, 0.5) is 0 Å². The van der Waals surface area contributed by atoms with Gasteiger partial charge in [-0.15, -0.1) is 0 Å². The summed E-state index contributed by atoms with van der Waals surface area (Å²) in [6.07, 6.45) is 1.16. The Morgan fingerprint density at radius 1 is 1.45 bits per heavy atom. The lowest BCUT2D eigenvalue weighted by atomic mass is 9.86. The molecule has 0 radical (unpaired) electrons. The molecule has 1 aromatic rings. The predicted octanol–water partition coefficient (Wildman–Crippen LogP) is 2.90. The van der Waals surface area contributed by atoms with Crippen LogP contribution in [0, 0.1) is 5.41 Å². The Morgan fingerprint density at radius 3 is 2.95 bits per heavy atom. The molecule has 20 heavy (non-hydrogen) atoms. The Balaban J connectivity index is 1.93. The zero-order valence-corrected chi connectivity index (χ0v) is 14.1. The maximum Gasteiger partial charge on any atom is 0.0547 e. The highest BCUT2D eigenvalue weighted by Crippen LogP contribution is 2.29. The van der Waals surface area contributed by atoms with Crippen molar-refractivity contribution in [2.75, 3.05) is 39.9 Å². The highest BCUT2D eigenvalue weighted by atomic mass is 79.9. The smallest absolute Gasteiger partial charge is 0.0547 e. The number of halogens is 1. The van der Waals surface area contributed by atoms with E-state index in [4.69, 9.17) is 4.74 Å². The number of benzene rings is 1. The fourth-order valence-electron chi connectivity index (χ4n) is 2.94. The van der Waals surface area contributed by atoms with Crippen molar-refractivity contribution in [1.29, 1.82) is 0 Å². The van der Waals surface area contributed by atoms with Gasteiger partial charge in [-0.05, 0) is 37.7 Å². The minimum Gasteiger partial charge on any atom is -0.381 e. The van der Waals surface area contributed by atoms with Gasteiger partial charge in [0.25, 0.3) is 0 Å². The van der Waals surface area contributed by atoms with E-state index in [1.807, 2.05) is 0 Å². The Labute approximate surface area is 130 Å². The minimum atomic E-state index is 0.275. The fourth-order valence-corrected chi connectivity index (χ4v) is 3.38. The molecule has 1 fully saturated rings. The first kappa shape index (κ1) is 16.0. The summed E-state index contributed by atoms with van der Waals surface area (Å²) in [5.74, 6) is 0.